The van der Waals surface area contributed by atoms with Crippen LogP contribution in [0.1, 0.15) is 25.0 Å². The number of hydrogen-bond acceptors (Lipinski definition) is 1. The molecule has 1 aromatic carbocycles. The van der Waals surface area contributed by atoms with Gasteiger partial charge in [-0.1, -0.05) is 26.0 Å². The van der Waals surface area contributed by atoms with Crippen molar-refractivity contribution >= 4 is 0 Å². The van der Waals surface area contributed by atoms with E-state index in [9.17, 15) is 4.39 Å². The lowest BCUT2D eigenvalue weighted by Crippen LogP contribution is -2.21. The summed E-state index contributed by atoms with van der Waals surface area (Å²) in [5.41, 5.74) is 1.41. The van der Waals surface area contributed by atoms with Crippen molar-refractivity contribution < 1.29 is 9.50 Å². The van der Waals surface area contributed by atoms with Crippen molar-refractivity contribution in [3.05, 3.63) is 35.1 Å². The molecule has 0 unspecified atom stereocenters. The third-order valence-electron chi connectivity index (χ3n) is 2.44. The van der Waals surface area contributed by atoms with Gasteiger partial charge in [0.2, 0.25) is 0 Å². The summed E-state index contributed by atoms with van der Waals surface area (Å²) in [4.78, 5) is 0. The molecular weight excluding hydrogens is 179 g/mol. The molecule has 0 amide bonds. The Balaban J connectivity index is 2.97. The summed E-state index contributed by atoms with van der Waals surface area (Å²) < 4.78 is 13.4. The minimum absolute atomic E-state index is 0.0702. The van der Waals surface area contributed by atoms with Gasteiger partial charge < -0.3 is 5.11 Å². The molecule has 0 aliphatic rings. The fourth-order valence-corrected chi connectivity index (χ4v) is 1.42. The van der Waals surface area contributed by atoms with Crippen molar-refractivity contribution in [3.8, 4) is 0 Å². The molecule has 0 atom stereocenters. The summed E-state index contributed by atoms with van der Waals surface area (Å²) in [6.07, 6.45) is 0.571. The van der Waals surface area contributed by atoms with Crippen LogP contribution < -0.4 is 0 Å². The standard InChI is InChI=1S/C12H17FO/c1-9-5-4-6-11(13)10(9)7-12(2,3)8-14/h4-6,14H,7-8H2,1-3H3. The van der Waals surface area contributed by atoms with Crippen LogP contribution in [0.25, 0.3) is 0 Å². The van der Waals surface area contributed by atoms with E-state index < -0.39 is 0 Å². The predicted octanol–water partition coefficient (Wildman–Crippen LogP) is 2.70. The Morgan fingerprint density at radius 2 is 2.00 bits per heavy atom. The van der Waals surface area contributed by atoms with Gasteiger partial charge in [0.25, 0.3) is 0 Å². The summed E-state index contributed by atoms with van der Waals surface area (Å²) in [5, 5.41) is 9.11. The van der Waals surface area contributed by atoms with E-state index in [1.807, 2.05) is 26.8 Å². The number of aliphatic hydroxyl groups excluding tert-OH is 1. The van der Waals surface area contributed by atoms with Gasteiger partial charge in [-0.3, -0.25) is 0 Å². The van der Waals surface area contributed by atoms with Crippen molar-refractivity contribution in [1.82, 2.24) is 0 Å². The number of rotatable bonds is 3. The Kier molecular flexibility index (Phi) is 3.27. The van der Waals surface area contributed by atoms with E-state index in [1.165, 1.54) is 6.07 Å². The Labute approximate surface area is 84.6 Å². The van der Waals surface area contributed by atoms with Crippen LogP contribution in [0.3, 0.4) is 0 Å². The molecule has 0 bridgehead atoms. The second-order valence-corrected chi connectivity index (χ2v) is 4.53. The van der Waals surface area contributed by atoms with Crippen LogP contribution in [0.5, 0.6) is 0 Å². The van der Waals surface area contributed by atoms with Crippen molar-refractivity contribution in [1.29, 1.82) is 0 Å². The number of hydrogen-bond donors (Lipinski definition) is 1. The molecule has 0 aliphatic carbocycles. The van der Waals surface area contributed by atoms with Crippen LogP contribution in [0, 0.1) is 18.2 Å². The lowest BCUT2D eigenvalue weighted by molar-refractivity contribution is 0.158. The molecule has 2 heteroatoms. The largest absolute Gasteiger partial charge is 0.396 e. The van der Waals surface area contributed by atoms with Crippen LogP contribution in [0.15, 0.2) is 18.2 Å². The predicted molar refractivity (Wildman–Crippen MR) is 55.7 cm³/mol. The average molecular weight is 196 g/mol. The highest BCUT2D eigenvalue weighted by molar-refractivity contribution is 5.28. The zero-order valence-electron chi connectivity index (χ0n) is 8.97. The Morgan fingerprint density at radius 1 is 1.36 bits per heavy atom. The highest BCUT2D eigenvalue weighted by atomic mass is 19.1. The molecular formula is C12H17FO. The number of benzene rings is 1. The van der Waals surface area contributed by atoms with Crippen molar-refractivity contribution in [2.24, 2.45) is 5.41 Å². The van der Waals surface area contributed by atoms with Crippen molar-refractivity contribution in [2.45, 2.75) is 27.2 Å². The quantitative estimate of drug-likeness (QED) is 0.788. The van der Waals surface area contributed by atoms with Crippen LogP contribution in [0.4, 0.5) is 4.39 Å². The van der Waals surface area contributed by atoms with Gasteiger partial charge in [0.15, 0.2) is 0 Å². The van der Waals surface area contributed by atoms with Crippen LogP contribution >= 0.6 is 0 Å². The minimum atomic E-state index is -0.257. The first-order chi connectivity index (χ1) is 6.46. The molecule has 14 heavy (non-hydrogen) atoms. The van der Waals surface area contributed by atoms with Gasteiger partial charge in [0.1, 0.15) is 5.82 Å². The molecule has 0 aliphatic heterocycles. The zero-order valence-corrected chi connectivity index (χ0v) is 8.97. The normalized spacial score (nSPS) is 11.8. The van der Waals surface area contributed by atoms with Gasteiger partial charge >= 0.3 is 0 Å². The fraction of sp³-hybridized carbons (Fsp3) is 0.500. The summed E-state index contributed by atoms with van der Waals surface area (Å²) in [6, 6.07) is 5.07. The summed E-state index contributed by atoms with van der Waals surface area (Å²) in [5.74, 6) is -0.175. The van der Waals surface area contributed by atoms with Crippen LogP contribution in [-0.4, -0.2) is 11.7 Å². The highest BCUT2D eigenvalue weighted by Gasteiger charge is 2.20. The third-order valence-corrected chi connectivity index (χ3v) is 2.44. The van der Waals surface area contributed by atoms with E-state index in [1.54, 1.807) is 6.07 Å². The maximum atomic E-state index is 13.4. The van der Waals surface area contributed by atoms with Crippen molar-refractivity contribution in [2.75, 3.05) is 6.61 Å². The van der Waals surface area contributed by atoms with E-state index in [0.29, 0.717) is 12.0 Å². The Bertz CT molecular complexity index is 298. The zero-order chi connectivity index (χ0) is 10.8. The van der Waals surface area contributed by atoms with Gasteiger partial charge in [0.05, 0.1) is 0 Å². The molecule has 0 saturated heterocycles. The molecule has 0 saturated carbocycles. The second kappa shape index (κ2) is 4.09. The summed E-state index contributed by atoms with van der Waals surface area (Å²) in [6.45, 7) is 5.82. The van der Waals surface area contributed by atoms with Crippen molar-refractivity contribution in [3.63, 3.8) is 0 Å². The molecule has 1 aromatic rings. The molecule has 1 nitrogen and oxygen atoms in total. The summed E-state index contributed by atoms with van der Waals surface area (Å²) in [7, 11) is 0. The van der Waals surface area contributed by atoms with E-state index in [2.05, 4.69) is 0 Å². The second-order valence-electron chi connectivity index (χ2n) is 4.53. The molecule has 0 aromatic heterocycles. The lowest BCUT2D eigenvalue weighted by Gasteiger charge is -2.22. The molecule has 1 N–H and O–H groups in total. The topological polar surface area (TPSA) is 20.2 Å². The van der Waals surface area contributed by atoms with Gasteiger partial charge in [-0.2, -0.15) is 0 Å². The Morgan fingerprint density at radius 3 is 2.50 bits per heavy atom. The van der Waals surface area contributed by atoms with Crippen LogP contribution in [-0.2, 0) is 6.42 Å². The SMILES string of the molecule is Cc1cccc(F)c1CC(C)(C)CO. The first-order valence-corrected chi connectivity index (χ1v) is 4.81. The van der Waals surface area contributed by atoms with Gasteiger partial charge in [0, 0.05) is 6.61 Å². The van der Waals surface area contributed by atoms with E-state index in [0.717, 1.165) is 5.56 Å². The average Bonchev–Trinajstić information content (AvgIpc) is 2.12. The van der Waals surface area contributed by atoms with Gasteiger partial charge in [-0.05, 0) is 36.0 Å². The van der Waals surface area contributed by atoms with Gasteiger partial charge in [-0.15, -0.1) is 0 Å². The Hall–Kier alpha value is -0.890. The first-order valence-electron chi connectivity index (χ1n) is 4.81. The van der Waals surface area contributed by atoms with Gasteiger partial charge in [-0.25, -0.2) is 4.39 Å². The number of aryl methyl sites for hydroxylation is 1. The molecule has 0 heterocycles. The lowest BCUT2D eigenvalue weighted by atomic mass is 9.85. The maximum absolute atomic E-state index is 13.4. The first kappa shape index (κ1) is 11.2. The minimum Gasteiger partial charge on any atom is -0.396 e. The van der Waals surface area contributed by atoms with Crippen LogP contribution in [0.2, 0.25) is 0 Å². The van der Waals surface area contributed by atoms with E-state index in [4.69, 9.17) is 5.11 Å². The molecule has 0 spiro atoms. The van der Waals surface area contributed by atoms with E-state index >= 15 is 0 Å². The smallest absolute Gasteiger partial charge is 0.126 e. The monoisotopic (exact) mass is 196 g/mol. The summed E-state index contributed by atoms with van der Waals surface area (Å²) >= 11 is 0. The molecule has 0 fully saturated rings. The molecule has 1 rings (SSSR count). The maximum Gasteiger partial charge on any atom is 0.126 e. The number of halogens is 1. The molecule has 78 valence electrons. The highest BCUT2D eigenvalue weighted by Crippen LogP contribution is 2.24. The number of aliphatic hydroxyl groups is 1. The fourth-order valence-electron chi connectivity index (χ4n) is 1.42. The molecule has 0 radical (unpaired) electrons. The third kappa shape index (κ3) is 2.55. The van der Waals surface area contributed by atoms with E-state index in [-0.39, 0.29) is 17.8 Å².